The van der Waals surface area contributed by atoms with Gasteiger partial charge in [0.1, 0.15) is 0 Å². The fraction of sp³-hybridized carbons (Fsp3) is 0.222. The molecule has 6 nitrogen and oxygen atoms in total. The SMILES string of the molecule is CCc1[se]c(N)nc1-c1occc1P(=O)(O)O. The van der Waals surface area contributed by atoms with E-state index in [1.165, 1.54) is 12.3 Å². The van der Waals surface area contributed by atoms with Crippen LogP contribution in [-0.2, 0) is 11.0 Å². The average Bonchev–Trinajstić information content (AvgIpc) is 2.81. The summed E-state index contributed by atoms with van der Waals surface area (Å²) in [6.45, 7) is 1.95. The minimum atomic E-state index is -4.35. The maximum absolute atomic E-state index is 11.3. The number of nitrogens with two attached hydrogens (primary N) is 1. The molecule has 0 amide bonds. The van der Waals surface area contributed by atoms with Gasteiger partial charge in [0.2, 0.25) is 0 Å². The average molecular weight is 321 g/mol. The molecule has 8 heteroatoms. The van der Waals surface area contributed by atoms with Gasteiger partial charge in [-0.2, -0.15) is 0 Å². The summed E-state index contributed by atoms with van der Waals surface area (Å²) in [7, 11) is -4.35. The molecule has 0 radical (unpaired) electrons. The standard InChI is InChI=1S/C9H11N2O4PSe/c1-2-6-7(11-9(10)17-6)8-5(3-4-15-8)16(12,13)14/h3-4H,2H2,1H3,(H2,10,11)(H2,12,13,14). The predicted molar refractivity (Wildman–Crippen MR) is 64.3 cm³/mol. The minimum absolute atomic E-state index is 0.0525. The number of aryl methyl sites for hydroxylation is 1. The van der Waals surface area contributed by atoms with Crippen LogP contribution in [0.25, 0.3) is 11.5 Å². The third kappa shape index (κ3) is 2.39. The van der Waals surface area contributed by atoms with Gasteiger partial charge in [0.25, 0.3) is 0 Å². The van der Waals surface area contributed by atoms with E-state index < -0.39 is 7.60 Å². The first kappa shape index (κ1) is 12.6. The van der Waals surface area contributed by atoms with Gasteiger partial charge < -0.3 is 0 Å². The van der Waals surface area contributed by atoms with Crippen LogP contribution in [0.15, 0.2) is 16.7 Å². The van der Waals surface area contributed by atoms with Gasteiger partial charge in [-0.1, -0.05) is 0 Å². The first-order valence-corrected chi connectivity index (χ1v) is 8.15. The topological polar surface area (TPSA) is 110 Å². The molecule has 0 atom stereocenters. The molecule has 4 N–H and O–H groups in total. The summed E-state index contributed by atoms with van der Waals surface area (Å²) in [5, 5.41) is -0.132. The van der Waals surface area contributed by atoms with Gasteiger partial charge in [0.05, 0.1) is 0 Å². The summed E-state index contributed by atoms with van der Waals surface area (Å²) in [5.41, 5.74) is 6.14. The number of hydrogen-bond donors (Lipinski definition) is 3. The second kappa shape index (κ2) is 4.44. The number of nitrogen functional groups attached to an aromatic ring is 1. The van der Waals surface area contributed by atoms with Crippen molar-refractivity contribution in [2.24, 2.45) is 0 Å². The normalized spacial score (nSPS) is 11.9. The molecule has 2 rings (SSSR count). The Morgan fingerprint density at radius 1 is 1.59 bits per heavy atom. The molecule has 0 spiro atoms. The van der Waals surface area contributed by atoms with Gasteiger partial charge in [-0.25, -0.2) is 0 Å². The molecule has 17 heavy (non-hydrogen) atoms. The number of aromatic nitrogens is 1. The van der Waals surface area contributed by atoms with E-state index >= 15 is 0 Å². The van der Waals surface area contributed by atoms with Crippen LogP contribution >= 0.6 is 7.60 Å². The first-order chi connectivity index (χ1) is 7.93. The van der Waals surface area contributed by atoms with E-state index in [1.807, 2.05) is 6.92 Å². The molecule has 0 aliphatic carbocycles. The molecular formula is C9H11N2O4PSe. The van der Waals surface area contributed by atoms with Crippen molar-refractivity contribution >= 4 is 32.1 Å². The molecule has 0 unspecified atom stereocenters. The van der Waals surface area contributed by atoms with E-state index in [1.54, 1.807) is 0 Å². The Morgan fingerprint density at radius 2 is 2.29 bits per heavy atom. The van der Waals surface area contributed by atoms with Crippen molar-refractivity contribution < 1.29 is 18.8 Å². The second-order valence-electron chi connectivity index (χ2n) is 3.36. The van der Waals surface area contributed by atoms with Crippen LogP contribution in [0.5, 0.6) is 0 Å². The number of hydrogen-bond acceptors (Lipinski definition) is 4. The van der Waals surface area contributed by atoms with Gasteiger partial charge in [-0.05, 0) is 0 Å². The summed E-state index contributed by atoms with van der Waals surface area (Å²) < 4.78 is 17.9. The Kier molecular flexibility index (Phi) is 3.30. The first-order valence-electron chi connectivity index (χ1n) is 4.82. The van der Waals surface area contributed by atoms with E-state index in [0.29, 0.717) is 10.4 Å². The van der Waals surface area contributed by atoms with Crippen LogP contribution in [0.4, 0.5) is 4.69 Å². The fourth-order valence-electron chi connectivity index (χ4n) is 1.50. The van der Waals surface area contributed by atoms with Crippen LogP contribution < -0.4 is 11.0 Å². The number of anilines is 1. The molecule has 0 bridgehead atoms. The Morgan fingerprint density at radius 3 is 2.88 bits per heavy atom. The van der Waals surface area contributed by atoms with Crippen molar-refractivity contribution in [3.05, 3.63) is 16.8 Å². The van der Waals surface area contributed by atoms with E-state index in [9.17, 15) is 14.4 Å². The summed E-state index contributed by atoms with van der Waals surface area (Å²) in [4.78, 5) is 22.5. The molecule has 0 aliphatic rings. The van der Waals surface area contributed by atoms with Crippen LogP contribution in [0.1, 0.15) is 11.4 Å². The predicted octanol–water partition coefficient (Wildman–Crippen LogP) is 0.346. The molecule has 0 fully saturated rings. The van der Waals surface area contributed by atoms with Gasteiger partial charge in [-0.15, -0.1) is 0 Å². The zero-order valence-corrected chi connectivity index (χ0v) is 11.6. The molecule has 0 saturated carbocycles. The summed E-state index contributed by atoms with van der Waals surface area (Å²) in [5.74, 6) is 0.137. The Balaban J connectivity index is 2.61. The summed E-state index contributed by atoms with van der Waals surface area (Å²) in [6, 6.07) is 1.27. The summed E-state index contributed by atoms with van der Waals surface area (Å²) >= 11 is -0.0525. The van der Waals surface area contributed by atoms with E-state index in [-0.39, 0.29) is 25.6 Å². The van der Waals surface area contributed by atoms with Crippen molar-refractivity contribution in [1.29, 1.82) is 0 Å². The van der Waals surface area contributed by atoms with Crippen molar-refractivity contribution in [1.82, 2.24) is 4.98 Å². The second-order valence-corrected chi connectivity index (χ2v) is 7.27. The zero-order chi connectivity index (χ0) is 12.6. The molecular weight excluding hydrogens is 310 g/mol. The molecule has 2 heterocycles. The Hall–Kier alpha value is -0.841. The maximum atomic E-state index is 11.3. The molecule has 0 aliphatic heterocycles. The van der Waals surface area contributed by atoms with Gasteiger partial charge in [-0.3, -0.25) is 0 Å². The van der Waals surface area contributed by atoms with E-state index in [4.69, 9.17) is 10.2 Å². The third-order valence-electron chi connectivity index (χ3n) is 2.21. The van der Waals surface area contributed by atoms with Crippen molar-refractivity contribution in [3.63, 3.8) is 0 Å². The molecule has 0 saturated heterocycles. The van der Waals surface area contributed by atoms with Gasteiger partial charge in [0.15, 0.2) is 0 Å². The quantitative estimate of drug-likeness (QED) is 0.556. The van der Waals surface area contributed by atoms with Crippen LogP contribution in [0, 0.1) is 0 Å². The Labute approximate surface area is 103 Å². The summed E-state index contributed by atoms with van der Waals surface area (Å²) in [6.07, 6.45) is 1.99. The monoisotopic (exact) mass is 322 g/mol. The molecule has 2 aromatic heterocycles. The van der Waals surface area contributed by atoms with Crippen LogP contribution in [0.2, 0.25) is 0 Å². The fourth-order valence-corrected chi connectivity index (χ4v) is 3.79. The van der Waals surface area contributed by atoms with Gasteiger partial charge >= 0.3 is 103 Å². The number of rotatable bonds is 3. The Bertz CT molecular complexity index is 586. The number of furan rings is 1. The molecule has 92 valence electrons. The van der Waals surface area contributed by atoms with Crippen molar-refractivity contribution in [2.45, 2.75) is 13.3 Å². The molecule has 0 aromatic carbocycles. The van der Waals surface area contributed by atoms with Gasteiger partial charge in [0, 0.05) is 0 Å². The molecule has 2 aromatic rings. The van der Waals surface area contributed by atoms with Crippen molar-refractivity contribution in [2.75, 3.05) is 5.73 Å². The third-order valence-corrected chi connectivity index (χ3v) is 5.35. The van der Waals surface area contributed by atoms with E-state index in [0.717, 1.165) is 10.9 Å². The zero-order valence-electron chi connectivity index (χ0n) is 8.95. The number of nitrogens with zero attached hydrogens (tertiary/aromatic N) is 1. The van der Waals surface area contributed by atoms with E-state index in [2.05, 4.69) is 4.98 Å². The van der Waals surface area contributed by atoms with Crippen LogP contribution in [-0.4, -0.2) is 29.3 Å². The van der Waals surface area contributed by atoms with Crippen LogP contribution in [0.3, 0.4) is 0 Å². The van der Waals surface area contributed by atoms with Crippen molar-refractivity contribution in [3.8, 4) is 11.5 Å².